The van der Waals surface area contributed by atoms with Crippen molar-refractivity contribution in [1.29, 1.82) is 0 Å². The predicted molar refractivity (Wildman–Crippen MR) is 104 cm³/mol. The van der Waals surface area contributed by atoms with Gasteiger partial charge in [-0.1, -0.05) is 27.7 Å². The molecule has 4 radical (unpaired) electrons. The topological polar surface area (TPSA) is 161 Å². The third-order valence-corrected chi connectivity index (χ3v) is 1.63. The van der Waals surface area contributed by atoms with E-state index in [-0.39, 0.29) is 73.5 Å². The molecule has 0 aliphatic carbocycles. The summed E-state index contributed by atoms with van der Waals surface area (Å²) in [4.78, 5) is 39.9. The van der Waals surface area contributed by atoms with Crippen LogP contribution in [0, 0.1) is 0 Å². The van der Waals surface area contributed by atoms with Gasteiger partial charge < -0.3 is 20.4 Å². The molecule has 0 atom stereocenters. The van der Waals surface area contributed by atoms with E-state index in [1.165, 1.54) is 55.4 Å². The van der Waals surface area contributed by atoms with Crippen LogP contribution in [0.4, 0.5) is 0 Å². The van der Waals surface area contributed by atoms with Crippen LogP contribution in [0.5, 0.6) is 0 Å². The van der Waals surface area contributed by atoms with Crippen molar-refractivity contribution in [3.05, 3.63) is 47.3 Å². The fourth-order valence-electron chi connectivity index (χ4n) is 1.14. The van der Waals surface area contributed by atoms with Crippen molar-refractivity contribution < 1.29 is 39.6 Å². The molecule has 0 amide bonds. The normalized spacial score (nSPS) is 11.0. The minimum atomic E-state index is -0.187. The fourth-order valence-corrected chi connectivity index (χ4v) is 1.14. The molecule has 9 heteroatoms. The molecule has 0 aliphatic heterocycles. The Morgan fingerprint density at radius 1 is 0.414 bits per heavy atom. The summed E-state index contributed by atoms with van der Waals surface area (Å²) in [7, 11) is 0. The summed E-state index contributed by atoms with van der Waals surface area (Å²) < 4.78 is 0. The van der Waals surface area contributed by atoms with Gasteiger partial charge in [-0.05, 0) is 52.0 Å². The zero-order valence-electron chi connectivity index (χ0n) is 18.1. The minimum absolute atomic E-state index is 0. The Labute approximate surface area is 192 Å². The van der Waals surface area contributed by atoms with Gasteiger partial charge >= 0.3 is 0 Å². The van der Waals surface area contributed by atoms with Crippen molar-refractivity contribution in [1.82, 2.24) is 0 Å². The van der Waals surface area contributed by atoms with Gasteiger partial charge in [-0.25, -0.2) is 0 Å². The van der Waals surface area contributed by atoms with E-state index in [4.69, 9.17) is 0 Å². The standard InChI is InChI=1S/4C5H8O2.Pb/c4*1-4(6)3-5(2)7;/h4*3,6H,1-2H3;/p-4/b4*4-3-;. The minimum Gasteiger partial charge on any atom is -0.876 e. The summed E-state index contributed by atoms with van der Waals surface area (Å²) in [5.74, 6) is -1.50. The first-order valence-electron chi connectivity index (χ1n) is 7.94. The molecule has 0 aromatic heterocycles. The summed E-state index contributed by atoms with van der Waals surface area (Å²) in [6.45, 7) is 10.8. The molecule has 164 valence electrons. The summed E-state index contributed by atoms with van der Waals surface area (Å²) in [6, 6.07) is 0. The van der Waals surface area contributed by atoms with Crippen LogP contribution in [0.1, 0.15) is 55.4 Å². The molecule has 0 fully saturated rings. The molecule has 0 saturated carbocycles. The van der Waals surface area contributed by atoms with Crippen molar-refractivity contribution in [3.8, 4) is 0 Å². The maximum absolute atomic E-state index is 9.98. The van der Waals surface area contributed by atoms with Gasteiger partial charge in [0.05, 0.1) is 0 Å². The van der Waals surface area contributed by atoms with Gasteiger partial charge in [-0.3, -0.25) is 19.2 Å². The number of hydrogen-bond acceptors (Lipinski definition) is 8. The van der Waals surface area contributed by atoms with E-state index < -0.39 is 0 Å². The molecule has 29 heavy (non-hydrogen) atoms. The van der Waals surface area contributed by atoms with Gasteiger partial charge in [0.15, 0.2) is 23.1 Å². The first-order chi connectivity index (χ1) is 12.5. The first-order valence-corrected chi connectivity index (χ1v) is 7.94. The van der Waals surface area contributed by atoms with E-state index >= 15 is 0 Å². The summed E-state index contributed by atoms with van der Waals surface area (Å²) in [5, 5.41) is 39.9. The van der Waals surface area contributed by atoms with Crippen LogP contribution in [-0.2, 0) is 19.2 Å². The molecule has 0 aromatic carbocycles. The monoisotopic (exact) mass is 604 g/mol. The number of carbonyl (C=O) groups excluding carboxylic acids is 4. The Bertz CT molecular complexity index is 513. The third kappa shape index (κ3) is 76.8. The van der Waals surface area contributed by atoms with Gasteiger partial charge in [0.25, 0.3) is 0 Å². The maximum atomic E-state index is 9.98. The number of allylic oxidation sites excluding steroid dienone is 8. The van der Waals surface area contributed by atoms with E-state index in [1.807, 2.05) is 0 Å². The summed E-state index contributed by atoms with van der Waals surface area (Å²) >= 11 is 0. The molecule has 0 aliphatic rings. The molecule has 0 unspecified atom stereocenters. The van der Waals surface area contributed by atoms with Crippen LogP contribution in [0.2, 0.25) is 0 Å². The number of ketones is 4. The molecule has 0 spiro atoms. The second-order valence-corrected chi connectivity index (χ2v) is 5.46. The Kier molecular flexibility index (Phi) is 30.8. The van der Waals surface area contributed by atoms with Crippen molar-refractivity contribution in [2.45, 2.75) is 55.4 Å². The zero-order chi connectivity index (χ0) is 23.4. The molecule has 0 heterocycles. The van der Waals surface area contributed by atoms with E-state index in [2.05, 4.69) is 0 Å². The van der Waals surface area contributed by atoms with Crippen molar-refractivity contribution in [2.24, 2.45) is 0 Å². The SMILES string of the molecule is CC(=O)/C=C(/C)[O-].CC(=O)/C=C(/C)[O-].CC(=O)/C=C(/C)[O-].CC(=O)/C=C(/C)[O-].[Pb]. The van der Waals surface area contributed by atoms with Gasteiger partial charge in [-0.2, -0.15) is 0 Å². The Morgan fingerprint density at radius 2 is 0.517 bits per heavy atom. The molecule has 0 N–H and O–H groups in total. The molecule has 0 aromatic rings. The second-order valence-electron chi connectivity index (χ2n) is 5.46. The molecular formula is C20H28O8Pb-4. The van der Waals surface area contributed by atoms with E-state index in [0.717, 1.165) is 24.3 Å². The van der Waals surface area contributed by atoms with Crippen LogP contribution >= 0.6 is 0 Å². The quantitative estimate of drug-likeness (QED) is 0.224. The molecule has 0 saturated heterocycles. The van der Waals surface area contributed by atoms with E-state index in [0.29, 0.717) is 0 Å². The average molecular weight is 604 g/mol. The maximum Gasteiger partial charge on any atom is 0.151 e. The van der Waals surface area contributed by atoms with Crippen LogP contribution in [-0.4, -0.2) is 50.4 Å². The van der Waals surface area contributed by atoms with E-state index in [1.54, 1.807) is 0 Å². The predicted octanol–water partition coefficient (Wildman–Crippen LogP) is -1.02. The van der Waals surface area contributed by atoms with Crippen LogP contribution in [0.25, 0.3) is 0 Å². The van der Waals surface area contributed by atoms with Gasteiger partial charge in [0, 0.05) is 27.3 Å². The zero-order valence-corrected chi connectivity index (χ0v) is 22.0. The Balaban J connectivity index is -0.0000000873. The number of carbonyl (C=O) groups is 4. The van der Waals surface area contributed by atoms with Crippen LogP contribution < -0.4 is 20.4 Å². The molecule has 0 rings (SSSR count). The largest absolute Gasteiger partial charge is 0.876 e. The van der Waals surface area contributed by atoms with E-state index in [9.17, 15) is 39.6 Å². The fraction of sp³-hybridized carbons (Fsp3) is 0.400. The third-order valence-electron chi connectivity index (χ3n) is 1.63. The number of rotatable bonds is 4. The van der Waals surface area contributed by atoms with Crippen LogP contribution in [0.15, 0.2) is 47.3 Å². The Hall–Kier alpha value is -2.24. The summed E-state index contributed by atoms with van der Waals surface area (Å²) in [5.41, 5.74) is 0. The summed E-state index contributed by atoms with van der Waals surface area (Å²) in [6.07, 6.45) is 4.22. The van der Waals surface area contributed by atoms with Gasteiger partial charge in [-0.15, -0.1) is 23.0 Å². The van der Waals surface area contributed by atoms with Crippen molar-refractivity contribution in [3.63, 3.8) is 0 Å². The molecular weight excluding hydrogens is 575 g/mol. The van der Waals surface area contributed by atoms with Gasteiger partial charge in [0.1, 0.15) is 0 Å². The average Bonchev–Trinajstić information content (AvgIpc) is 2.32. The number of hydrogen-bond donors (Lipinski definition) is 0. The molecule has 0 bridgehead atoms. The van der Waals surface area contributed by atoms with Gasteiger partial charge in [0.2, 0.25) is 0 Å². The smallest absolute Gasteiger partial charge is 0.151 e. The Morgan fingerprint density at radius 3 is 0.517 bits per heavy atom. The molecule has 8 nitrogen and oxygen atoms in total. The van der Waals surface area contributed by atoms with Crippen molar-refractivity contribution >= 4 is 50.4 Å². The van der Waals surface area contributed by atoms with Crippen molar-refractivity contribution in [2.75, 3.05) is 0 Å². The first kappa shape index (κ1) is 37.5. The van der Waals surface area contributed by atoms with Crippen LogP contribution in [0.3, 0.4) is 0 Å². The second kappa shape index (κ2) is 23.8.